The fourth-order valence-electron chi connectivity index (χ4n) is 2.47. The number of rotatable bonds is 12. The maximum Gasteiger partial charge on any atom is 0.0720 e. The quantitative estimate of drug-likeness (QED) is 0.434. The van der Waals surface area contributed by atoms with E-state index in [0.717, 1.165) is 22.6 Å². The lowest BCUT2D eigenvalue weighted by Gasteiger charge is -2.16. The first-order chi connectivity index (χ1) is 13.1. The fourth-order valence-corrected chi connectivity index (χ4v) is 3.47. The normalized spacial score (nSPS) is 13.1. The van der Waals surface area contributed by atoms with Crippen LogP contribution in [0.5, 0.6) is 0 Å². The number of hydrogen-bond acceptors (Lipinski definition) is 3. The molecule has 2 aromatic rings. The summed E-state index contributed by atoms with van der Waals surface area (Å²) < 4.78 is 11.9. The Morgan fingerprint density at radius 1 is 0.741 bits per heavy atom. The minimum absolute atomic E-state index is 0.215. The zero-order valence-electron chi connectivity index (χ0n) is 16.4. The van der Waals surface area contributed by atoms with Crippen molar-refractivity contribution in [3.63, 3.8) is 0 Å². The second-order valence-electron chi connectivity index (χ2n) is 6.67. The molecule has 2 nitrogen and oxygen atoms in total. The van der Waals surface area contributed by atoms with Gasteiger partial charge in [0.25, 0.3) is 0 Å². The van der Waals surface area contributed by atoms with Crippen molar-refractivity contribution < 1.29 is 9.47 Å². The van der Waals surface area contributed by atoms with Crippen LogP contribution in [0.25, 0.3) is 12.2 Å². The lowest BCUT2D eigenvalue weighted by atomic mass is 10.1. The van der Waals surface area contributed by atoms with Crippen LogP contribution in [0.1, 0.15) is 36.1 Å². The molecule has 2 atom stereocenters. The van der Waals surface area contributed by atoms with Gasteiger partial charge in [0.2, 0.25) is 0 Å². The van der Waals surface area contributed by atoms with Gasteiger partial charge < -0.3 is 9.47 Å². The molecule has 0 aliphatic rings. The Morgan fingerprint density at radius 2 is 1.11 bits per heavy atom. The standard InChI is InChI=1S/C24H30O2S/c1-5-21-7-11-23(12-8-21)15-25-19(3)17-27-18-20(4)26-16-24-13-9-22(6-2)10-14-24/h5-14,19-20H,1-2,15-18H2,3-4H3. The predicted molar refractivity (Wildman–Crippen MR) is 119 cm³/mol. The highest BCUT2D eigenvalue weighted by Gasteiger charge is 2.07. The van der Waals surface area contributed by atoms with Gasteiger partial charge in [0.1, 0.15) is 0 Å². The van der Waals surface area contributed by atoms with Gasteiger partial charge in [-0.05, 0) is 36.1 Å². The van der Waals surface area contributed by atoms with Crippen molar-refractivity contribution in [3.8, 4) is 0 Å². The van der Waals surface area contributed by atoms with Crippen molar-refractivity contribution in [1.82, 2.24) is 0 Å². The molecule has 0 spiro atoms. The third-order valence-electron chi connectivity index (χ3n) is 4.20. The minimum atomic E-state index is 0.215. The Labute approximate surface area is 168 Å². The summed E-state index contributed by atoms with van der Waals surface area (Å²) in [5, 5.41) is 0. The molecule has 3 heteroatoms. The Kier molecular flexibility index (Phi) is 9.40. The molecule has 2 rings (SSSR count). The van der Waals surface area contributed by atoms with Gasteiger partial charge in [-0.2, -0.15) is 11.8 Å². The molecule has 0 fully saturated rings. The maximum absolute atomic E-state index is 5.94. The van der Waals surface area contributed by atoms with E-state index in [9.17, 15) is 0 Å². The van der Waals surface area contributed by atoms with E-state index in [4.69, 9.17) is 9.47 Å². The average Bonchev–Trinajstić information content (AvgIpc) is 2.71. The average molecular weight is 383 g/mol. The van der Waals surface area contributed by atoms with E-state index in [1.54, 1.807) is 0 Å². The highest BCUT2D eigenvalue weighted by molar-refractivity contribution is 7.99. The predicted octanol–water partition coefficient (Wildman–Crippen LogP) is 6.22. The Balaban J connectivity index is 1.59. The summed E-state index contributed by atoms with van der Waals surface area (Å²) in [6.45, 7) is 13.1. The number of benzene rings is 2. The van der Waals surface area contributed by atoms with E-state index in [1.165, 1.54) is 11.1 Å². The van der Waals surface area contributed by atoms with Gasteiger partial charge in [0.15, 0.2) is 0 Å². The lowest BCUT2D eigenvalue weighted by Crippen LogP contribution is -2.15. The second kappa shape index (κ2) is 11.8. The first-order valence-electron chi connectivity index (χ1n) is 9.34. The van der Waals surface area contributed by atoms with Crippen LogP contribution >= 0.6 is 11.8 Å². The Bertz CT molecular complexity index is 630. The van der Waals surface area contributed by atoms with Gasteiger partial charge in [-0.1, -0.05) is 73.8 Å². The SMILES string of the molecule is C=Cc1ccc(COC(C)CSCC(C)OCc2ccc(C=C)cc2)cc1. The molecular weight excluding hydrogens is 352 g/mol. The third-order valence-corrected chi connectivity index (χ3v) is 5.62. The van der Waals surface area contributed by atoms with E-state index < -0.39 is 0 Å². The summed E-state index contributed by atoms with van der Waals surface area (Å²) in [6.07, 6.45) is 4.13. The summed E-state index contributed by atoms with van der Waals surface area (Å²) >= 11 is 1.88. The summed E-state index contributed by atoms with van der Waals surface area (Å²) in [7, 11) is 0. The molecule has 144 valence electrons. The van der Waals surface area contributed by atoms with E-state index in [2.05, 4.69) is 75.5 Å². The number of ether oxygens (including phenoxy) is 2. The van der Waals surface area contributed by atoms with Gasteiger partial charge >= 0.3 is 0 Å². The Hall–Kier alpha value is -1.81. The van der Waals surface area contributed by atoms with Crippen LogP contribution in [-0.4, -0.2) is 23.7 Å². The molecule has 0 aromatic heterocycles. The van der Waals surface area contributed by atoms with Crippen molar-refractivity contribution in [3.05, 3.63) is 83.9 Å². The zero-order chi connectivity index (χ0) is 19.5. The lowest BCUT2D eigenvalue weighted by molar-refractivity contribution is 0.0654. The molecule has 0 heterocycles. The topological polar surface area (TPSA) is 18.5 Å². The highest BCUT2D eigenvalue weighted by atomic mass is 32.2. The van der Waals surface area contributed by atoms with Gasteiger partial charge in [-0.3, -0.25) is 0 Å². The second-order valence-corrected chi connectivity index (χ2v) is 7.75. The molecule has 0 aliphatic heterocycles. The van der Waals surface area contributed by atoms with Gasteiger partial charge in [-0.25, -0.2) is 0 Å². The summed E-state index contributed by atoms with van der Waals surface area (Å²) in [4.78, 5) is 0. The zero-order valence-corrected chi connectivity index (χ0v) is 17.2. The van der Waals surface area contributed by atoms with E-state index in [1.807, 2.05) is 23.9 Å². The molecule has 0 saturated carbocycles. The summed E-state index contributed by atoms with van der Waals surface area (Å²) in [5.74, 6) is 1.93. The van der Waals surface area contributed by atoms with Crippen LogP contribution < -0.4 is 0 Å². The van der Waals surface area contributed by atoms with Crippen LogP contribution in [-0.2, 0) is 22.7 Å². The van der Waals surface area contributed by atoms with Crippen molar-refractivity contribution in [2.45, 2.75) is 39.3 Å². The van der Waals surface area contributed by atoms with Crippen molar-refractivity contribution in [2.75, 3.05) is 11.5 Å². The van der Waals surface area contributed by atoms with E-state index >= 15 is 0 Å². The van der Waals surface area contributed by atoms with Crippen LogP contribution in [0.3, 0.4) is 0 Å². The van der Waals surface area contributed by atoms with Crippen LogP contribution in [0.4, 0.5) is 0 Å². The first-order valence-corrected chi connectivity index (χ1v) is 10.5. The molecule has 0 radical (unpaired) electrons. The molecule has 0 aliphatic carbocycles. The molecular formula is C24H30O2S. The van der Waals surface area contributed by atoms with Gasteiger partial charge in [-0.15, -0.1) is 0 Å². The van der Waals surface area contributed by atoms with E-state index in [-0.39, 0.29) is 12.2 Å². The summed E-state index contributed by atoms with van der Waals surface area (Å²) in [5.41, 5.74) is 4.65. The Morgan fingerprint density at radius 3 is 1.44 bits per heavy atom. The third kappa shape index (κ3) is 8.17. The van der Waals surface area contributed by atoms with Crippen molar-refractivity contribution in [2.24, 2.45) is 0 Å². The largest absolute Gasteiger partial charge is 0.373 e. The molecule has 0 N–H and O–H groups in total. The van der Waals surface area contributed by atoms with Gasteiger partial charge in [0, 0.05) is 11.5 Å². The first kappa shape index (κ1) is 21.5. The maximum atomic E-state index is 5.94. The fraction of sp³-hybridized carbons (Fsp3) is 0.333. The molecule has 2 aromatic carbocycles. The molecule has 0 amide bonds. The molecule has 0 saturated heterocycles. The molecule has 2 unspecified atom stereocenters. The minimum Gasteiger partial charge on any atom is -0.373 e. The number of thioether (sulfide) groups is 1. The number of hydrogen-bond donors (Lipinski definition) is 0. The van der Waals surface area contributed by atoms with Crippen molar-refractivity contribution >= 4 is 23.9 Å². The van der Waals surface area contributed by atoms with Crippen LogP contribution in [0.15, 0.2) is 61.7 Å². The van der Waals surface area contributed by atoms with Crippen LogP contribution in [0, 0.1) is 0 Å². The smallest absolute Gasteiger partial charge is 0.0720 e. The molecule has 0 bridgehead atoms. The molecule has 27 heavy (non-hydrogen) atoms. The summed E-state index contributed by atoms with van der Waals surface area (Å²) in [6, 6.07) is 16.6. The van der Waals surface area contributed by atoms with Crippen LogP contribution in [0.2, 0.25) is 0 Å². The van der Waals surface area contributed by atoms with Gasteiger partial charge in [0.05, 0.1) is 25.4 Å². The van der Waals surface area contributed by atoms with E-state index in [0.29, 0.717) is 13.2 Å². The monoisotopic (exact) mass is 382 g/mol. The van der Waals surface area contributed by atoms with Crippen molar-refractivity contribution in [1.29, 1.82) is 0 Å². The highest BCUT2D eigenvalue weighted by Crippen LogP contribution is 2.14.